The van der Waals surface area contributed by atoms with Gasteiger partial charge in [0.1, 0.15) is 0 Å². The van der Waals surface area contributed by atoms with Gasteiger partial charge >= 0.3 is 0 Å². The maximum atomic E-state index is 13.0. The molecule has 100 valence electrons. The zero-order valence-electron chi connectivity index (χ0n) is 11.0. The molecular formula is C14H21O3P. The van der Waals surface area contributed by atoms with E-state index in [2.05, 4.69) is 0 Å². The Bertz CT molecular complexity index is 438. The van der Waals surface area contributed by atoms with Crippen molar-refractivity contribution in [3.05, 3.63) is 30.3 Å². The predicted octanol–water partition coefficient (Wildman–Crippen LogP) is 2.93. The van der Waals surface area contributed by atoms with E-state index in [0.717, 1.165) is 18.1 Å². The van der Waals surface area contributed by atoms with E-state index in [1.165, 1.54) is 0 Å². The fraction of sp³-hybridized carbons (Fsp3) is 0.571. The van der Waals surface area contributed by atoms with Crippen molar-refractivity contribution in [1.82, 2.24) is 0 Å². The molecule has 1 aromatic carbocycles. The molecule has 0 bridgehead atoms. The summed E-state index contributed by atoms with van der Waals surface area (Å²) >= 11 is 0. The molecule has 1 aliphatic carbocycles. The second-order valence-electron chi connectivity index (χ2n) is 5.36. The summed E-state index contributed by atoms with van der Waals surface area (Å²) in [5.41, 5.74) is -0.579. The Labute approximate surface area is 109 Å². The minimum absolute atomic E-state index is 0.0788. The third-order valence-corrected chi connectivity index (χ3v) is 5.89. The SMILES string of the molecule is CC(C)OP(=O)(CCC1(O)CC1)c1ccccc1. The fourth-order valence-electron chi connectivity index (χ4n) is 1.99. The van der Waals surface area contributed by atoms with Gasteiger partial charge in [0.2, 0.25) is 7.37 Å². The van der Waals surface area contributed by atoms with E-state index in [-0.39, 0.29) is 6.10 Å². The molecular weight excluding hydrogens is 247 g/mol. The smallest absolute Gasteiger partial charge is 0.232 e. The third-order valence-electron chi connectivity index (χ3n) is 3.23. The van der Waals surface area contributed by atoms with Crippen LogP contribution >= 0.6 is 7.37 Å². The molecule has 0 radical (unpaired) electrons. The third kappa shape index (κ3) is 3.44. The molecule has 0 aromatic heterocycles. The number of benzene rings is 1. The van der Waals surface area contributed by atoms with Gasteiger partial charge in [-0.25, -0.2) is 0 Å². The number of rotatable bonds is 6. The molecule has 2 rings (SSSR count). The monoisotopic (exact) mass is 268 g/mol. The van der Waals surface area contributed by atoms with Gasteiger partial charge in [-0.2, -0.15) is 0 Å². The molecule has 1 aliphatic rings. The van der Waals surface area contributed by atoms with Gasteiger partial charge in [-0.1, -0.05) is 18.2 Å². The lowest BCUT2D eigenvalue weighted by atomic mass is 10.3. The summed E-state index contributed by atoms with van der Waals surface area (Å²) in [7, 11) is -2.84. The summed E-state index contributed by atoms with van der Waals surface area (Å²) in [6, 6.07) is 9.34. The summed E-state index contributed by atoms with van der Waals surface area (Å²) in [6.07, 6.45) is 2.55. The van der Waals surface area contributed by atoms with E-state index in [1.54, 1.807) is 0 Å². The second-order valence-corrected chi connectivity index (χ2v) is 7.88. The Hall–Kier alpha value is -0.630. The molecule has 3 nitrogen and oxygen atoms in total. The lowest BCUT2D eigenvalue weighted by Crippen LogP contribution is -2.18. The maximum Gasteiger partial charge on any atom is 0.232 e. The van der Waals surface area contributed by atoms with Crippen molar-refractivity contribution in [1.29, 1.82) is 0 Å². The number of hydrogen-bond donors (Lipinski definition) is 1. The van der Waals surface area contributed by atoms with Crippen LogP contribution in [0.15, 0.2) is 30.3 Å². The molecule has 1 N–H and O–H groups in total. The van der Waals surface area contributed by atoms with E-state index < -0.39 is 13.0 Å². The average molecular weight is 268 g/mol. The first-order chi connectivity index (χ1) is 8.44. The molecule has 0 amide bonds. The Morgan fingerprint density at radius 3 is 2.44 bits per heavy atom. The minimum atomic E-state index is -2.84. The molecule has 0 spiro atoms. The Morgan fingerprint density at radius 2 is 1.94 bits per heavy atom. The highest BCUT2D eigenvalue weighted by atomic mass is 31.2. The Morgan fingerprint density at radius 1 is 1.33 bits per heavy atom. The molecule has 1 unspecified atom stereocenters. The summed E-state index contributed by atoms with van der Waals surface area (Å²) in [4.78, 5) is 0. The van der Waals surface area contributed by atoms with Crippen LogP contribution in [0.3, 0.4) is 0 Å². The van der Waals surface area contributed by atoms with E-state index in [1.807, 2.05) is 44.2 Å². The number of hydrogen-bond acceptors (Lipinski definition) is 3. The molecule has 0 heterocycles. The molecule has 1 saturated carbocycles. The van der Waals surface area contributed by atoms with Crippen molar-refractivity contribution in [2.45, 2.75) is 44.8 Å². The molecule has 1 aromatic rings. The van der Waals surface area contributed by atoms with Gasteiger partial charge in [-0.05, 0) is 45.2 Å². The van der Waals surface area contributed by atoms with Crippen molar-refractivity contribution in [3.8, 4) is 0 Å². The first kappa shape index (κ1) is 13.8. The maximum absolute atomic E-state index is 13.0. The number of aliphatic hydroxyl groups is 1. The summed E-state index contributed by atoms with van der Waals surface area (Å²) < 4.78 is 18.7. The van der Waals surface area contributed by atoms with Crippen LogP contribution in [0.1, 0.15) is 33.1 Å². The summed E-state index contributed by atoms with van der Waals surface area (Å²) in [5, 5.41) is 10.6. The quantitative estimate of drug-likeness (QED) is 0.807. The van der Waals surface area contributed by atoms with Gasteiger partial charge in [-0.3, -0.25) is 4.57 Å². The lowest BCUT2D eigenvalue weighted by Gasteiger charge is -2.22. The van der Waals surface area contributed by atoms with Gasteiger partial charge in [0, 0.05) is 11.5 Å². The van der Waals surface area contributed by atoms with Gasteiger partial charge in [-0.15, -0.1) is 0 Å². The molecule has 1 atom stereocenters. The average Bonchev–Trinajstić information content (AvgIpc) is 3.06. The highest BCUT2D eigenvalue weighted by molar-refractivity contribution is 7.67. The molecule has 4 heteroatoms. The summed E-state index contributed by atoms with van der Waals surface area (Å²) in [5.74, 6) is 0. The van der Waals surface area contributed by atoms with Crippen LogP contribution in [0, 0.1) is 0 Å². The van der Waals surface area contributed by atoms with Crippen LogP contribution in [0.2, 0.25) is 0 Å². The van der Waals surface area contributed by atoms with E-state index in [4.69, 9.17) is 4.52 Å². The molecule has 0 saturated heterocycles. The molecule has 18 heavy (non-hydrogen) atoms. The van der Waals surface area contributed by atoms with Gasteiger partial charge < -0.3 is 9.63 Å². The van der Waals surface area contributed by atoms with Crippen molar-refractivity contribution >= 4 is 12.7 Å². The van der Waals surface area contributed by atoms with Crippen LogP contribution in [0.25, 0.3) is 0 Å². The minimum Gasteiger partial charge on any atom is -0.390 e. The Balaban J connectivity index is 2.14. The van der Waals surface area contributed by atoms with E-state index in [9.17, 15) is 9.67 Å². The standard InChI is InChI=1S/C14H21O3P/c1-12(2)17-18(16,11-10-14(15)8-9-14)13-6-4-3-5-7-13/h3-7,12,15H,8-11H2,1-2H3. The first-order valence-corrected chi connectivity index (χ1v) is 8.30. The topological polar surface area (TPSA) is 46.5 Å². The van der Waals surface area contributed by atoms with Crippen molar-refractivity contribution < 1.29 is 14.2 Å². The zero-order chi connectivity index (χ0) is 13.2. The van der Waals surface area contributed by atoms with Crippen molar-refractivity contribution in [3.63, 3.8) is 0 Å². The van der Waals surface area contributed by atoms with Crippen LogP contribution in [0.5, 0.6) is 0 Å². The van der Waals surface area contributed by atoms with E-state index in [0.29, 0.717) is 12.6 Å². The van der Waals surface area contributed by atoms with Crippen LogP contribution in [0.4, 0.5) is 0 Å². The largest absolute Gasteiger partial charge is 0.390 e. The normalized spacial score (nSPS) is 20.7. The van der Waals surface area contributed by atoms with Crippen LogP contribution < -0.4 is 5.30 Å². The van der Waals surface area contributed by atoms with Crippen LogP contribution in [-0.4, -0.2) is 23.0 Å². The van der Waals surface area contributed by atoms with Gasteiger partial charge in [0.15, 0.2) is 0 Å². The van der Waals surface area contributed by atoms with Crippen molar-refractivity contribution in [2.24, 2.45) is 0 Å². The first-order valence-electron chi connectivity index (χ1n) is 6.49. The van der Waals surface area contributed by atoms with Crippen LogP contribution in [-0.2, 0) is 9.09 Å². The van der Waals surface area contributed by atoms with E-state index >= 15 is 0 Å². The Kier molecular flexibility index (Phi) is 3.96. The molecule has 1 fully saturated rings. The van der Waals surface area contributed by atoms with Gasteiger partial charge in [0.05, 0.1) is 11.7 Å². The fourth-order valence-corrected chi connectivity index (χ4v) is 4.49. The zero-order valence-corrected chi connectivity index (χ0v) is 11.9. The van der Waals surface area contributed by atoms with Crippen molar-refractivity contribution in [2.75, 3.05) is 6.16 Å². The highest BCUT2D eigenvalue weighted by Gasteiger charge is 2.42. The molecule has 0 aliphatic heterocycles. The summed E-state index contributed by atoms with van der Waals surface area (Å²) in [6.45, 7) is 3.78. The second kappa shape index (κ2) is 5.16. The van der Waals surface area contributed by atoms with Gasteiger partial charge in [0.25, 0.3) is 0 Å². The predicted molar refractivity (Wildman–Crippen MR) is 73.6 cm³/mol. The lowest BCUT2D eigenvalue weighted by molar-refractivity contribution is 0.144. The highest BCUT2D eigenvalue weighted by Crippen LogP contribution is 2.51.